The Kier molecular flexibility index (Phi) is 4.51. The lowest BCUT2D eigenvalue weighted by molar-refractivity contribution is 0.587. The van der Waals surface area contributed by atoms with Crippen LogP contribution in [0.25, 0.3) is 0 Å². The Morgan fingerprint density at radius 2 is 2.05 bits per heavy atom. The first-order valence-corrected chi connectivity index (χ1v) is 7.57. The molecular weight excluding hydrogens is 232 g/mol. The van der Waals surface area contributed by atoms with Crippen LogP contribution in [0.15, 0.2) is 18.2 Å². The average molecular weight is 260 g/mol. The standard InChI is InChI=1S/C17H28N2/c1-12(2)18-10-16-6-7-17(9-14(16)4)19-11-13(3)8-15(19)5/h6-7,9,12-13,15,18H,8,10-11H2,1-5H3. The maximum Gasteiger partial charge on any atom is 0.0371 e. The highest BCUT2D eigenvalue weighted by Crippen LogP contribution is 2.29. The molecule has 2 unspecified atom stereocenters. The summed E-state index contributed by atoms with van der Waals surface area (Å²) in [4.78, 5) is 2.55. The van der Waals surface area contributed by atoms with Gasteiger partial charge in [-0.2, -0.15) is 0 Å². The van der Waals surface area contributed by atoms with Gasteiger partial charge in [0.2, 0.25) is 0 Å². The number of nitrogens with zero attached hydrogens (tertiary/aromatic N) is 1. The lowest BCUT2D eigenvalue weighted by atomic mass is 10.1. The van der Waals surface area contributed by atoms with Crippen molar-refractivity contribution < 1.29 is 0 Å². The molecule has 0 amide bonds. The Morgan fingerprint density at radius 3 is 2.58 bits per heavy atom. The highest BCUT2D eigenvalue weighted by molar-refractivity contribution is 5.52. The van der Waals surface area contributed by atoms with Gasteiger partial charge in [0.25, 0.3) is 0 Å². The van der Waals surface area contributed by atoms with Gasteiger partial charge in [-0.25, -0.2) is 0 Å². The van der Waals surface area contributed by atoms with Gasteiger partial charge in [-0.05, 0) is 49.4 Å². The van der Waals surface area contributed by atoms with Gasteiger partial charge in [0.1, 0.15) is 0 Å². The van der Waals surface area contributed by atoms with E-state index in [0.717, 1.165) is 12.5 Å². The van der Waals surface area contributed by atoms with Crippen LogP contribution in [0.5, 0.6) is 0 Å². The summed E-state index contributed by atoms with van der Waals surface area (Å²) in [6, 6.07) is 8.15. The monoisotopic (exact) mass is 260 g/mol. The van der Waals surface area contributed by atoms with Crippen LogP contribution in [-0.2, 0) is 6.54 Å². The maximum atomic E-state index is 3.49. The first-order chi connectivity index (χ1) is 8.97. The molecular formula is C17H28N2. The average Bonchev–Trinajstić information content (AvgIpc) is 2.66. The van der Waals surface area contributed by atoms with Crippen molar-refractivity contribution in [2.24, 2.45) is 5.92 Å². The fourth-order valence-electron chi connectivity index (χ4n) is 3.03. The lowest BCUT2D eigenvalue weighted by Crippen LogP contribution is -2.27. The number of hydrogen-bond acceptors (Lipinski definition) is 2. The molecule has 1 heterocycles. The van der Waals surface area contributed by atoms with Crippen LogP contribution in [0.2, 0.25) is 0 Å². The molecule has 2 rings (SSSR count). The van der Waals surface area contributed by atoms with Crippen molar-refractivity contribution in [3.63, 3.8) is 0 Å². The van der Waals surface area contributed by atoms with Crippen LogP contribution in [0.3, 0.4) is 0 Å². The van der Waals surface area contributed by atoms with Crippen LogP contribution in [-0.4, -0.2) is 18.6 Å². The van der Waals surface area contributed by atoms with Crippen LogP contribution in [0.1, 0.15) is 45.2 Å². The van der Waals surface area contributed by atoms with Gasteiger partial charge in [-0.1, -0.05) is 26.8 Å². The fourth-order valence-corrected chi connectivity index (χ4v) is 3.03. The minimum atomic E-state index is 0.540. The van der Waals surface area contributed by atoms with E-state index < -0.39 is 0 Å². The number of benzene rings is 1. The Morgan fingerprint density at radius 1 is 1.32 bits per heavy atom. The molecule has 0 radical (unpaired) electrons. The van der Waals surface area contributed by atoms with Gasteiger partial charge < -0.3 is 10.2 Å². The Balaban J connectivity index is 2.10. The third-order valence-corrected chi connectivity index (χ3v) is 4.14. The smallest absolute Gasteiger partial charge is 0.0371 e. The highest BCUT2D eigenvalue weighted by Gasteiger charge is 2.26. The zero-order chi connectivity index (χ0) is 14.0. The quantitative estimate of drug-likeness (QED) is 0.887. The van der Waals surface area contributed by atoms with Gasteiger partial charge in [-0.3, -0.25) is 0 Å². The molecule has 1 aromatic rings. The number of hydrogen-bond donors (Lipinski definition) is 1. The number of aryl methyl sites for hydroxylation is 1. The van der Waals surface area contributed by atoms with E-state index in [0.29, 0.717) is 12.1 Å². The predicted molar refractivity (Wildman–Crippen MR) is 83.7 cm³/mol. The summed E-state index contributed by atoms with van der Waals surface area (Å²) in [5, 5.41) is 3.49. The molecule has 1 fully saturated rings. The van der Waals surface area contributed by atoms with E-state index in [1.54, 1.807) is 0 Å². The van der Waals surface area contributed by atoms with E-state index in [1.165, 1.54) is 29.8 Å². The van der Waals surface area contributed by atoms with Crippen molar-refractivity contribution >= 4 is 5.69 Å². The molecule has 0 spiro atoms. The Labute approximate surface area is 118 Å². The van der Waals surface area contributed by atoms with Crippen molar-refractivity contribution in [3.8, 4) is 0 Å². The molecule has 2 nitrogen and oxygen atoms in total. The summed E-state index contributed by atoms with van der Waals surface area (Å²) < 4.78 is 0. The molecule has 19 heavy (non-hydrogen) atoms. The van der Waals surface area contributed by atoms with Crippen molar-refractivity contribution in [1.82, 2.24) is 5.32 Å². The van der Waals surface area contributed by atoms with E-state index in [9.17, 15) is 0 Å². The fraction of sp³-hybridized carbons (Fsp3) is 0.647. The summed E-state index contributed by atoms with van der Waals surface area (Å²) in [6.07, 6.45) is 1.32. The third kappa shape index (κ3) is 3.50. The number of anilines is 1. The summed E-state index contributed by atoms with van der Waals surface area (Å²) >= 11 is 0. The van der Waals surface area contributed by atoms with Crippen molar-refractivity contribution in [2.75, 3.05) is 11.4 Å². The van der Waals surface area contributed by atoms with Gasteiger partial charge in [0.15, 0.2) is 0 Å². The molecule has 2 heteroatoms. The van der Waals surface area contributed by atoms with E-state index in [4.69, 9.17) is 0 Å². The van der Waals surface area contributed by atoms with E-state index in [2.05, 4.69) is 63.0 Å². The summed E-state index contributed by atoms with van der Waals surface area (Å²) in [5.41, 5.74) is 4.21. The van der Waals surface area contributed by atoms with E-state index in [-0.39, 0.29) is 0 Å². The minimum absolute atomic E-state index is 0.540. The van der Waals surface area contributed by atoms with Gasteiger partial charge in [-0.15, -0.1) is 0 Å². The molecule has 0 aliphatic carbocycles. The Bertz CT molecular complexity index is 425. The van der Waals surface area contributed by atoms with Crippen molar-refractivity contribution in [1.29, 1.82) is 0 Å². The second-order valence-corrected chi connectivity index (χ2v) is 6.49. The largest absolute Gasteiger partial charge is 0.369 e. The van der Waals surface area contributed by atoms with Crippen LogP contribution < -0.4 is 10.2 Å². The molecule has 106 valence electrons. The first-order valence-electron chi connectivity index (χ1n) is 7.57. The Hall–Kier alpha value is -1.02. The van der Waals surface area contributed by atoms with Crippen LogP contribution in [0, 0.1) is 12.8 Å². The van der Waals surface area contributed by atoms with Crippen LogP contribution >= 0.6 is 0 Å². The summed E-state index contributed by atoms with van der Waals surface area (Å²) in [6.45, 7) is 13.5. The zero-order valence-corrected chi connectivity index (χ0v) is 13.0. The maximum absolute atomic E-state index is 3.49. The zero-order valence-electron chi connectivity index (χ0n) is 13.0. The lowest BCUT2D eigenvalue weighted by Gasteiger charge is -2.25. The third-order valence-electron chi connectivity index (χ3n) is 4.14. The van der Waals surface area contributed by atoms with Gasteiger partial charge >= 0.3 is 0 Å². The first kappa shape index (κ1) is 14.4. The van der Waals surface area contributed by atoms with Gasteiger partial charge in [0.05, 0.1) is 0 Å². The summed E-state index contributed by atoms with van der Waals surface area (Å²) in [7, 11) is 0. The SMILES string of the molecule is Cc1cc(N2CC(C)CC2C)ccc1CNC(C)C. The van der Waals surface area contributed by atoms with E-state index in [1.807, 2.05) is 0 Å². The highest BCUT2D eigenvalue weighted by atomic mass is 15.2. The second-order valence-electron chi connectivity index (χ2n) is 6.49. The molecule has 1 saturated heterocycles. The van der Waals surface area contributed by atoms with Crippen molar-refractivity contribution in [3.05, 3.63) is 29.3 Å². The minimum Gasteiger partial charge on any atom is -0.369 e. The molecule has 2 atom stereocenters. The summed E-state index contributed by atoms with van der Waals surface area (Å²) in [5.74, 6) is 0.817. The molecule has 1 aliphatic heterocycles. The van der Waals surface area contributed by atoms with Gasteiger partial charge in [0, 0.05) is 30.9 Å². The van der Waals surface area contributed by atoms with E-state index >= 15 is 0 Å². The van der Waals surface area contributed by atoms with Crippen molar-refractivity contribution in [2.45, 2.75) is 59.7 Å². The second kappa shape index (κ2) is 5.96. The number of rotatable bonds is 4. The molecule has 1 N–H and O–H groups in total. The topological polar surface area (TPSA) is 15.3 Å². The molecule has 0 bridgehead atoms. The number of nitrogens with one attached hydrogen (secondary N) is 1. The normalized spacial score (nSPS) is 23.4. The molecule has 0 aromatic heterocycles. The molecule has 1 aliphatic rings. The molecule has 0 saturated carbocycles. The van der Waals surface area contributed by atoms with Crippen LogP contribution in [0.4, 0.5) is 5.69 Å². The predicted octanol–water partition coefficient (Wildman–Crippen LogP) is 3.73. The molecule has 1 aromatic carbocycles.